The molecule has 0 aliphatic heterocycles. The van der Waals surface area contributed by atoms with Gasteiger partial charge in [0.15, 0.2) is 18.1 Å². The molecule has 0 N–H and O–H groups in total. The van der Waals surface area contributed by atoms with Crippen molar-refractivity contribution in [3.63, 3.8) is 0 Å². The van der Waals surface area contributed by atoms with E-state index < -0.39 is 11.9 Å². The average Bonchev–Trinajstić information content (AvgIpc) is 3.15. The van der Waals surface area contributed by atoms with Gasteiger partial charge in [0, 0.05) is 16.3 Å². The molecule has 3 aromatic rings. The summed E-state index contributed by atoms with van der Waals surface area (Å²) in [6, 6.07) is 12.9. The number of ether oxygens (including phenoxy) is 4. The molecule has 0 aliphatic carbocycles. The molecule has 0 atom stereocenters. The Kier molecular flexibility index (Phi) is 7.61. The topological polar surface area (TPSA) is 83.4 Å². The van der Waals surface area contributed by atoms with Crippen molar-refractivity contribution in [2.45, 2.75) is 13.8 Å². The SMILES string of the molecule is CCOC(=O)c1c(N=Cc2ccc(OCC(=O)OC)c(OCC)c2)sc2ccccc12. The van der Waals surface area contributed by atoms with E-state index in [0.29, 0.717) is 28.7 Å². The van der Waals surface area contributed by atoms with Crippen LogP contribution in [0.4, 0.5) is 5.00 Å². The van der Waals surface area contributed by atoms with Crippen LogP contribution >= 0.6 is 11.3 Å². The minimum Gasteiger partial charge on any atom is -0.490 e. The van der Waals surface area contributed by atoms with E-state index in [1.54, 1.807) is 31.3 Å². The number of thiophene rings is 1. The Labute approximate surface area is 184 Å². The lowest BCUT2D eigenvalue weighted by molar-refractivity contribution is -0.142. The summed E-state index contributed by atoms with van der Waals surface area (Å²) in [5, 5.41) is 1.39. The van der Waals surface area contributed by atoms with E-state index >= 15 is 0 Å². The molecule has 0 saturated carbocycles. The Hall–Kier alpha value is -3.39. The van der Waals surface area contributed by atoms with E-state index in [4.69, 9.17) is 14.2 Å². The third-order valence-corrected chi connectivity index (χ3v) is 5.31. The van der Waals surface area contributed by atoms with Gasteiger partial charge in [-0.3, -0.25) is 0 Å². The first kappa shape index (κ1) is 22.3. The number of methoxy groups -OCH3 is 1. The van der Waals surface area contributed by atoms with Gasteiger partial charge in [-0.15, -0.1) is 11.3 Å². The lowest BCUT2D eigenvalue weighted by Crippen LogP contribution is -2.13. The van der Waals surface area contributed by atoms with E-state index in [-0.39, 0.29) is 13.2 Å². The van der Waals surface area contributed by atoms with Gasteiger partial charge in [0.25, 0.3) is 0 Å². The molecule has 0 spiro atoms. The first-order valence-corrected chi connectivity index (χ1v) is 10.6. The molecule has 0 amide bonds. The largest absolute Gasteiger partial charge is 0.490 e. The molecule has 0 aliphatic rings. The Balaban J connectivity index is 1.91. The van der Waals surface area contributed by atoms with Crippen molar-refractivity contribution in [1.82, 2.24) is 0 Å². The third-order valence-electron chi connectivity index (χ3n) is 4.23. The zero-order valence-electron chi connectivity index (χ0n) is 17.5. The van der Waals surface area contributed by atoms with Crippen molar-refractivity contribution in [3.05, 3.63) is 53.6 Å². The predicted molar refractivity (Wildman–Crippen MR) is 120 cm³/mol. The molecule has 8 heteroatoms. The number of aliphatic imine (C=N–C) groups is 1. The number of carbonyl (C=O) groups is 2. The summed E-state index contributed by atoms with van der Waals surface area (Å²) >= 11 is 1.42. The van der Waals surface area contributed by atoms with Gasteiger partial charge in [0.1, 0.15) is 10.6 Å². The van der Waals surface area contributed by atoms with Crippen LogP contribution in [-0.4, -0.2) is 45.1 Å². The molecular weight excluding hydrogens is 418 g/mol. The van der Waals surface area contributed by atoms with Crippen LogP contribution in [-0.2, 0) is 14.3 Å². The van der Waals surface area contributed by atoms with E-state index in [9.17, 15) is 9.59 Å². The van der Waals surface area contributed by atoms with Gasteiger partial charge in [-0.25, -0.2) is 14.6 Å². The van der Waals surface area contributed by atoms with Gasteiger partial charge in [-0.1, -0.05) is 18.2 Å². The number of hydrogen-bond donors (Lipinski definition) is 0. The average molecular weight is 442 g/mol. The second kappa shape index (κ2) is 10.6. The second-order valence-electron chi connectivity index (χ2n) is 6.26. The maximum atomic E-state index is 12.5. The number of hydrogen-bond acceptors (Lipinski definition) is 8. The van der Waals surface area contributed by atoms with Crippen molar-refractivity contribution < 1.29 is 28.5 Å². The molecule has 1 heterocycles. The zero-order chi connectivity index (χ0) is 22.2. The van der Waals surface area contributed by atoms with Crippen LogP contribution < -0.4 is 9.47 Å². The first-order chi connectivity index (χ1) is 15.1. The summed E-state index contributed by atoms with van der Waals surface area (Å²) in [4.78, 5) is 28.4. The van der Waals surface area contributed by atoms with Crippen LogP contribution in [0.5, 0.6) is 11.5 Å². The molecule has 31 heavy (non-hydrogen) atoms. The summed E-state index contributed by atoms with van der Waals surface area (Å²) in [5.74, 6) is 0.0359. The highest BCUT2D eigenvalue weighted by Crippen LogP contribution is 2.38. The van der Waals surface area contributed by atoms with Gasteiger partial charge in [-0.05, 0) is 43.7 Å². The van der Waals surface area contributed by atoms with Gasteiger partial charge >= 0.3 is 11.9 Å². The van der Waals surface area contributed by atoms with Gasteiger partial charge in [0.2, 0.25) is 0 Å². The minimum atomic E-state index is -0.482. The fraction of sp³-hybridized carbons (Fsp3) is 0.261. The summed E-state index contributed by atoms with van der Waals surface area (Å²) in [7, 11) is 1.30. The number of benzene rings is 2. The zero-order valence-corrected chi connectivity index (χ0v) is 18.4. The van der Waals surface area contributed by atoms with Crippen molar-refractivity contribution in [2.75, 3.05) is 26.9 Å². The van der Waals surface area contributed by atoms with E-state index in [1.807, 2.05) is 31.2 Å². The fourth-order valence-corrected chi connectivity index (χ4v) is 3.88. The molecule has 1 aromatic heterocycles. The third kappa shape index (κ3) is 5.40. The molecule has 0 fully saturated rings. The lowest BCUT2D eigenvalue weighted by atomic mass is 10.1. The van der Waals surface area contributed by atoms with E-state index in [0.717, 1.165) is 15.6 Å². The van der Waals surface area contributed by atoms with E-state index in [2.05, 4.69) is 9.73 Å². The highest BCUT2D eigenvalue weighted by atomic mass is 32.1. The van der Waals surface area contributed by atoms with E-state index in [1.165, 1.54) is 18.4 Å². The summed E-state index contributed by atoms with van der Waals surface area (Å²) in [6.45, 7) is 4.13. The van der Waals surface area contributed by atoms with Crippen LogP contribution in [0, 0.1) is 0 Å². The van der Waals surface area contributed by atoms with Crippen LogP contribution in [0.2, 0.25) is 0 Å². The lowest BCUT2D eigenvalue weighted by Gasteiger charge is -2.11. The molecule has 7 nitrogen and oxygen atoms in total. The number of esters is 2. The standard InChI is InChI=1S/C23H23NO6S/c1-4-28-18-12-15(10-11-17(18)30-14-20(25)27-3)13-24-22-21(23(26)29-5-2)16-8-6-7-9-19(16)31-22/h6-13H,4-5,14H2,1-3H3. The molecule has 0 bridgehead atoms. The quantitative estimate of drug-likeness (QED) is 0.351. The van der Waals surface area contributed by atoms with Crippen LogP contribution in [0.25, 0.3) is 10.1 Å². The molecule has 0 unspecified atom stereocenters. The van der Waals surface area contributed by atoms with Gasteiger partial charge in [0.05, 0.1) is 20.3 Å². The second-order valence-corrected chi connectivity index (χ2v) is 7.29. The smallest absolute Gasteiger partial charge is 0.343 e. The van der Waals surface area contributed by atoms with Crippen LogP contribution in [0.3, 0.4) is 0 Å². The Morgan fingerprint density at radius 1 is 1.03 bits per heavy atom. The summed E-state index contributed by atoms with van der Waals surface area (Å²) in [6.07, 6.45) is 1.65. The predicted octanol–water partition coefficient (Wildman–Crippen LogP) is 4.78. The highest BCUT2D eigenvalue weighted by Gasteiger charge is 2.19. The van der Waals surface area contributed by atoms with Gasteiger partial charge in [-0.2, -0.15) is 0 Å². The summed E-state index contributed by atoms with van der Waals surface area (Å²) < 4.78 is 21.9. The molecule has 162 valence electrons. The molecule has 0 saturated heterocycles. The number of carbonyl (C=O) groups excluding carboxylic acids is 2. The Bertz CT molecular complexity index is 1100. The first-order valence-electron chi connectivity index (χ1n) is 9.76. The summed E-state index contributed by atoms with van der Waals surface area (Å²) in [5.41, 5.74) is 1.21. The highest BCUT2D eigenvalue weighted by molar-refractivity contribution is 7.23. The van der Waals surface area contributed by atoms with Crippen molar-refractivity contribution >= 4 is 44.6 Å². The molecular formula is C23H23NO6S. The number of fused-ring (bicyclic) bond motifs is 1. The van der Waals surface area contributed by atoms with Crippen molar-refractivity contribution in [1.29, 1.82) is 0 Å². The maximum Gasteiger partial charge on any atom is 0.343 e. The Morgan fingerprint density at radius 3 is 2.58 bits per heavy atom. The maximum absolute atomic E-state index is 12.5. The molecule has 2 aromatic carbocycles. The normalized spacial score (nSPS) is 10.9. The van der Waals surface area contributed by atoms with Crippen molar-refractivity contribution in [2.24, 2.45) is 4.99 Å². The van der Waals surface area contributed by atoms with Crippen LogP contribution in [0.1, 0.15) is 29.8 Å². The van der Waals surface area contributed by atoms with Crippen LogP contribution in [0.15, 0.2) is 47.5 Å². The van der Waals surface area contributed by atoms with Gasteiger partial charge < -0.3 is 18.9 Å². The monoisotopic (exact) mass is 441 g/mol. The van der Waals surface area contributed by atoms with Crippen molar-refractivity contribution in [3.8, 4) is 11.5 Å². The number of rotatable bonds is 9. The minimum absolute atomic E-state index is 0.214. The fourth-order valence-electron chi connectivity index (χ4n) is 2.85. The number of nitrogens with zero attached hydrogens (tertiary/aromatic N) is 1. The molecule has 0 radical (unpaired) electrons. The molecule has 3 rings (SSSR count). The Morgan fingerprint density at radius 2 is 1.84 bits per heavy atom.